The molecule has 1 amide bonds. The lowest BCUT2D eigenvalue weighted by molar-refractivity contribution is -0.118. The van der Waals surface area contributed by atoms with Gasteiger partial charge in [0.25, 0.3) is 5.91 Å². The zero-order valence-corrected chi connectivity index (χ0v) is 14.6. The van der Waals surface area contributed by atoms with Crippen LogP contribution in [0.15, 0.2) is 78.9 Å². The van der Waals surface area contributed by atoms with Crippen LogP contribution in [-0.2, 0) is 11.2 Å². The molecule has 0 fully saturated rings. The Morgan fingerprint density at radius 3 is 2.31 bits per heavy atom. The number of nitrogens with one attached hydrogen (secondary N) is 1. The summed E-state index contributed by atoms with van der Waals surface area (Å²) in [4.78, 5) is 12.1. The van der Waals surface area contributed by atoms with E-state index in [-0.39, 0.29) is 12.5 Å². The first-order chi connectivity index (χ1) is 12.7. The largest absolute Gasteiger partial charge is 0.496 e. The molecule has 0 aromatic heterocycles. The van der Waals surface area contributed by atoms with Crippen molar-refractivity contribution in [2.75, 3.05) is 19.0 Å². The summed E-state index contributed by atoms with van der Waals surface area (Å²) in [5.41, 5.74) is 2.92. The molecule has 26 heavy (non-hydrogen) atoms. The van der Waals surface area contributed by atoms with Gasteiger partial charge in [-0.25, -0.2) is 0 Å². The van der Waals surface area contributed by atoms with Gasteiger partial charge in [-0.15, -0.1) is 0 Å². The molecule has 0 atom stereocenters. The van der Waals surface area contributed by atoms with Crippen LogP contribution >= 0.6 is 0 Å². The van der Waals surface area contributed by atoms with Crippen LogP contribution in [0, 0.1) is 0 Å². The average molecular weight is 347 g/mol. The summed E-state index contributed by atoms with van der Waals surface area (Å²) in [6, 6.07) is 25.0. The molecular weight excluding hydrogens is 326 g/mol. The molecule has 3 aromatic carbocycles. The van der Waals surface area contributed by atoms with Crippen molar-refractivity contribution < 1.29 is 14.3 Å². The van der Waals surface area contributed by atoms with Crippen LogP contribution in [0.3, 0.4) is 0 Å². The third kappa shape index (κ3) is 4.86. The van der Waals surface area contributed by atoms with Crippen molar-refractivity contribution in [1.29, 1.82) is 0 Å². The summed E-state index contributed by atoms with van der Waals surface area (Å²) in [5.74, 6) is 1.26. The molecule has 0 unspecified atom stereocenters. The first-order valence-corrected chi connectivity index (χ1v) is 8.43. The Bertz CT molecular complexity index is 848. The number of amides is 1. The van der Waals surface area contributed by atoms with Gasteiger partial charge in [-0.2, -0.15) is 0 Å². The van der Waals surface area contributed by atoms with Gasteiger partial charge in [0, 0.05) is 17.7 Å². The summed E-state index contributed by atoms with van der Waals surface area (Å²) in [7, 11) is 1.65. The molecule has 0 aliphatic carbocycles. The van der Waals surface area contributed by atoms with Crippen molar-refractivity contribution in [2.24, 2.45) is 0 Å². The molecule has 0 heterocycles. The van der Waals surface area contributed by atoms with E-state index in [1.807, 2.05) is 66.7 Å². The van der Waals surface area contributed by atoms with Crippen molar-refractivity contribution in [1.82, 2.24) is 0 Å². The first kappa shape index (κ1) is 17.5. The molecule has 0 saturated carbocycles. The summed E-state index contributed by atoms with van der Waals surface area (Å²) < 4.78 is 10.9. The molecule has 132 valence electrons. The predicted molar refractivity (Wildman–Crippen MR) is 103 cm³/mol. The van der Waals surface area contributed by atoms with E-state index in [1.54, 1.807) is 7.11 Å². The highest BCUT2D eigenvalue weighted by Gasteiger charge is 2.09. The number of carbonyl (C=O) groups excluding carboxylic acids is 1. The van der Waals surface area contributed by atoms with Gasteiger partial charge in [-0.05, 0) is 35.9 Å². The summed E-state index contributed by atoms with van der Waals surface area (Å²) in [5, 5.41) is 2.87. The maximum atomic E-state index is 12.1. The smallest absolute Gasteiger partial charge is 0.262 e. The van der Waals surface area contributed by atoms with Gasteiger partial charge in [-0.1, -0.05) is 48.5 Å². The van der Waals surface area contributed by atoms with E-state index < -0.39 is 0 Å². The van der Waals surface area contributed by atoms with Gasteiger partial charge >= 0.3 is 0 Å². The Labute approximate surface area is 153 Å². The van der Waals surface area contributed by atoms with E-state index in [1.165, 1.54) is 5.56 Å². The summed E-state index contributed by atoms with van der Waals surface area (Å²) in [6.45, 7) is -0.0376. The van der Waals surface area contributed by atoms with Crippen LogP contribution in [0.1, 0.15) is 11.1 Å². The monoisotopic (exact) mass is 347 g/mol. The Hall–Kier alpha value is -3.27. The highest BCUT2D eigenvalue weighted by Crippen LogP contribution is 2.25. The minimum Gasteiger partial charge on any atom is -0.496 e. The Kier molecular flexibility index (Phi) is 5.88. The number of para-hydroxylation sites is 1. The normalized spacial score (nSPS) is 10.2. The van der Waals surface area contributed by atoms with Gasteiger partial charge in [0.05, 0.1) is 7.11 Å². The lowest BCUT2D eigenvalue weighted by atomic mass is 10.0. The topological polar surface area (TPSA) is 47.6 Å². The van der Waals surface area contributed by atoms with E-state index in [9.17, 15) is 4.79 Å². The van der Waals surface area contributed by atoms with Crippen molar-refractivity contribution in [3.8, 4) is 11.5 Å². The lowest BCUT2D eigenvalue weighted by Gasteiger charge is -2.12. The number of hydrogen-bond donors (Lipinski definition) is 1. The van der Waals surface area contributed by atoms with E-state index in [4.69, 9.17) is 9.47 Å². The average Bonchev–Trinajstić information content (AvgIpc) is 2.68. The molecule has 3 aromatic rings. The number of rotatable bonds is 7. The minimum absolute atomic E-state index is 0.0376. The fourth-order valence-corrected chi connectivity index (χ4v) is 2.67. The number of anilines is 1. The summed E-state index contributed by atoms with van der Waals surface area (Å²) >= 11 is 0. The highest BCUT2D eigenvalue weighted by molar-refractivity contribution is 5.92. The number of methoxy groups -OCH3 is 1. The molecule has 4 heteroatoms. The van der Waals surface area contributed by atoms with E-state index in [0.29, 0.717) is 5.75 Å². The van der Waals surface area contributed by atoms with Crippen molar-refractivity contribution >= 4 is 11.6 Å². The maximum Gasteiger partial charge on any atom is 0.262 e. The van der Waals surface area contributed by atoms with Gasteiger partial charge in [0.1, 0.15) is 11.5 Å². The number of ether oxygens (including phenoxy) is 2. The molecular formula is C22H21NO3. The number of benzene rings is 3. The van der Waals surface area contributed by atoms with Crippen LogP contribution in [0.5, 0.6) is 11.5 Å². The molecule has 1 N–H and O–H groups in total. The van der Waals surface area contributed by atoms with Gasteiger partial charge in [-0.3, -0.25) is 4.79 Å². The second-order valence-corrected chi connectivity index (χ2v) is 5.84. The maximum absolute atomic E-state index is 12.1. The fourth-order valence-electron chi connectivity index (χ4n) is 2.67. The van der Waals surface area contributed by atoms with Crippen LogP contribution in [0.2, 0.25) is 0 Å². The van der Waals surface area contributed by atoms with Gasteiger partial charge in [0.15, 0.2) is 6.61 Å². The van der Waals surface area contributed by atoms with E-state index >= 15 is 0 Å². The van der Waals surface area contributed by atoms with Crippen molar-refractivity contribution in [2.45, 2.75) is 6.42 Å². The zero-order chi connectivity index (χ0) is 18.2. The molecule has 4 nitrogen and oxygen atoms in total. The van der Waals surface area contributed by atoms with Crippen LogP contribution < -0.4 is 14.8 Å². The molecule has 0 aliphatic rings. The second kappa shape index (κ2) is 8.72. The molecule has 0 spiro atoms. The standard InChI is InChI=1S/C22H21NO3/c1-25-21-13-12-19(15-18(21)14-17-8-4-2-5-9-17)23-22(24)16-26-20-10-6-3-7-11-20/h2-13,15H,14,16H2,1H3,(H,23,24). The van der Waals surface area contributed by atoms with Crippen molar-refractivity contribution in [3.05, 3.63) is 90.0 Å². The zero-order valence-electron chi connectivity index (χ0n) is 14.6. The van der Waals surface area contributed by atoms with Gasteiger partial charge < -0.3 is 14.8 Å². The quantitative estimate of drug-likeness (QED) is 0.693. The highest BCUT2D eigenvalue weighted by atomic mass is 16.5. The second-order valence-electron chi connectivity index (χ2n) is 5.84. The third-order valence-corrected chi connectivity index (χ3v) is 3.91. The van der Waals surface area contributed by atoms with Crippen molar-refractivity contribution in [3.63, 3.8) is 0 Å². The molecule has 0 bridgehead atoms. The van der Waals surface area contributed by atoms with Crippen LogP contribution in [0.25, 0.3) is 0 Å². The fraction of sp³-hybridized carbons (Fsp3) is 0.136. The lowest BCUT2D eigenvalue weighted by Crippen LogP contribution is -2.20. The minimum atomic E-state index is -0.204. The molecule has 0 radical (unpaired) electrons. The van der Waals surface area contributed by atoms with E-state index in [2.05, 4.69) is 17.4 Å². The molecule has 0 saturated heterocycles. The Balaban J connectivity index is 1.66. The number of hydrogen-bond acceptors (Lipinski definition) is 3. The van der Waals surface area contributed by atoms with Crippen LogP contribution in [0.4, 0.5) is 5.69 Å². The SMILES string of the molecule is COc1ccc(NC(=O)COc2ccccc2)cc1Cc1ccccc1. The molecule has 3 rings (SSSR count). The first-order valence-electron chi connectivity index (χ1n) is 8.43. The van der Waals surface area contributed by atoms with E-state index in [0.717, 1.165) is 23.4 Å². The van der Waals surface area contributed by atoms with Crippen LogP contribution in [-0.4, -0.2) is 19.6 Å². The Morgan fingerprint density at radius 1 is 0.923 bits per heavy atom. The number of carbonyl (C=O) groups is 1. The predicted octanol–water partition coefficient (Wildman–Crippen LogP) is 4.30. The summed E-state index contributed by atoms with van der Waals surface area (Å²) in [6.07, 6.45) is 0.730. The third-order valence-electron chi connectivity index (χ3n) is 3.91. The van der Waals surface area contributed by atoms with Gasteiger partial charge in [0.2, 0.25) is 0 Å². The Morgan fingerprint density at radius 2 is 1.62 bits per heavy atom. The molecule has 0 aliphatic heterocycles.